The van der Waals surface area contributed by atoms with Gasteiger partial charge in [-0.3, -0.25) is 4.68 Å². The number of benzene rings is 1. The number of aromatic nitrogens is 2. The summed E-state index contributed by atoms with van der Waals surface area (Å²) in [5.41, 5.74) is 3.40. The molecule has 21 heavy (non-hydrogen) atoms. The highest BCUT2D eigenvalue weighted by Crippen LogP contribution is 2.25. The summed E-state index contributed by atoms with van der Waals surface area (Å²) in [6.07, 6.45) is 0.939. The number of halogens is 2. The monoisotopic (exact) mass is 311 g/mol. The van der Waals surface area contributed by atoms with Crippen LogP contribution >= 0.6 is 12.4 Å². The SMILES string of the molecule is CCOc1nn(Cc2ccc(F)cc2)c2c1CCNC2.Cl. The van der Waals surface area contributed by atoms with Gasteiger partial charge in [-0.25, -0.2) is 4.39 Å². The van der Waals surface area contributed by atoms with Gasteiger partial charge in [-0.15, -0.1) is 17.5 Å². The van der Waals surface area contributed by atoms with Gasteiger partial charge in [0.05, 0.1) is 18.8 Å². The molecule has 6 heteroatoms. The predicted molar refractivity (Wildman–Crippen MR) is 81.6 cm³/mol. The zero-order chi connectivity index (χ0) is 13.9. The van der Waals surface area contributed by atoms with Crippen LogP contribution in [-0.2, 0) is 19.5 Å². The van der Waals surface area contributed by atoms with E-state index in [-0.39, 0.29) is 18.2 Å². The van der Waals surface area contributed by atoms with Crippen LogP contribution in [0.1, 0.15) is 23.7 Å². The molecule has 0 spiro atoms. The highest BCUT2D eigenvalue weighted by molar-refractivity contribution is 5.85. The molecule has 1 aromatic carbocycles. The molecule has 2 heterocycles. The van der Waals surface area contributed by atoms with Crippen molar-refractivity contribution in [2.24, 2.45) is 0 Å². The Bertz CT molecular complexity index is 598. The molecule has 3 rings (SSSR count). The molecule has 2 aromatic rings. The lowest BCUT2D eigenvalue weighted by atomic mass is 10.1. The standard InChI is InChI=1S/C15H18FN3O.ClH/c1-2-20-15-13-7-8-17-9-14(13)19(18-15)10-11-3-5-12(16)6-4-11;/h3-6,17H,2,7-10H2,1H3;1H. The Morgan fingerprint density at radius 3 is 2.81 bits per heavy atom. The minimum atomic E-state index is -0.215. The Hall–Kier alpha value is -1.59. The van der Waals surface area contributed by atoms with Crippen molar-refractivity contribution < 1.29 is 9.13 Å². The van der Waals surface area contributed by atoms with E-state index in [1.807, 2.05) is 11.6 Å². The average Bonchev–Trinajstić information content (AvgIpc) is 2.81. The quantitative estimate of drug-likeness (QED) is 0.943. The van der Waals surface area contributed by atoms with E-state index in [0.29, 0.717) is 13.2 Å². The van der Waals surface area contributed by atoms with Crippen LogP contribution in [0.25, 0.3) is 0 Å². The fraction of sp³-hybridized carbons (Fsp3) is 0.400. The number of hydrogen-bond acceptors (Lipinski definition) is 3. The van der Waals surface area contributed by atoms with Crippen molar-refractivity contribution in [2.45, 2.75) is 26.4 Å². The average molecular weight is 312 g/mol. The Kier molecular flexibility index (Phi) is 5.20. The molecular weight excluding hydrogens is 293 g/mol. The van der Waals surface area contributed by atoms with Crippen molar-refractivity contribution in [3.05, 3.63) is 46.9 Å². The molecule has 1 aliphatic rings. The zero-order valence-corrected chi connectivity index (χ0v) is 12.8. The largest absolute Gasteiger partial charge is 0.477 e. The molecule has 4 nitrogen and oxygen atoms in total. The molecule has 0 amide bonds. The third kappa shape index (κ3) is 3.36. The second kappa shape index (κ2) is 6.91. The van der Waals surface area contributed by atoms with Gasteiger partial charge in [0.25, 0.3) is 0 Å². The zero-order valence-electron chi connectivity index (χ0n) is 11.9. The molecule has 114 valence electrons. The molecule has 0 atom stereocenters. The molecule has 1 N–H and O–H groups in total. The van der Waals surface area contributed by atoms with Crippen molar-refractivity contribution in [1.29, 1.82) is 0 Å². The summed E-state index contributed by atoms with van der Waals surface area (Å²) in [5.74, 6) is 0.527. The van der Waals surface area contributed by atoms with Crippen LogP contribution in [0.3, 0.4) is 0 Å². The van der Waals surface area contributed by atoms with E-state index in [1.165, 1.54) is 23.4 Å². The van der Waals surface area contributed by atoms with Crippen LogP contribution in [-0.4, -0.2) is 22.9 Å². The molecule has 0 fully saturated rings. The molecule has 0 aliphatic carbocycles. The first-order valence-corrected chi connectivity index (χ1v) is 6.94. The molecule has 0 saturated heterocycles. The topological polar surface area (TPSA) is 39.1 Å². The van der Waals surface area contributed by atoms with Crippen LogP contribution in [0.2, 0.25) is 0 Å². The van der Waals surface area contributed by atoms with Crippen LogP contribution < -0.4 is 10.1 Å². The predicted octanol–water partition coefficient (Wildman–Crippen LogP) is 2.54. The number of nitrogens with one attached hydrogen (secondary N) is 1. The Morgan fingerprint density at radius 2 is 2.10 bits per heavy atom. The maximum absolute atomic E-state index is 13.0. The smallest absolute Gasteiger partial charge is 0.236 e. The van der Waals surface area contributed by atoms with Gasteiger partial charge in [-0.05, 0) is 37.6 Å². The first kappa shape index (κ1) is 15.8. The van der Waals surface area contributed by atoms with Crippen LogP contribution in [0.15, 0.2) is 24.3 Å². The van der Waals surface area contributed by atoms with Gasteiger partial charge in [0, 0.05) is 12.1 Å². The first-order valence-electron chi connectivity index (χ1n) is 6.94. The van der Waals surface area contributed by atoms with Gasteiger partial charge >= 0.3 is 0 Å². The maximum atomic E-state index is 13.0. The van der Waals surface area contributed by atoms with Gasteiger partial charge in [-0.2, -0.15) is 0 Å². The van der Waals surface area contributed by atoms with Crippen LogP contribution in [0.5, 0.6) is 5.88 Å². The van der Waals surface area contributed by atoms with E-state index in [0.717, 1.165) is 31.0 Å². The van der Waals surface area contributed by atoms with Crippen LogP contribution in [0.4, 0.5) is 4.39 Å². The van der Waals surface area contributed by atoms with E-state index >= 15 is 0 Å². The molecule has 1 aliphatic heterocycles. The van der Waals surface area contributed by atoms with Gasteiger partial charge in [-0.1, -0.05) is 12.1 Å². The van der Waals surface area contributed by atoms with Crippen molar-refractivity contribution in [3.63, 3.8) is 0 Å². The Labute approximate surface area is 129 Å². The van der Waals surface area contributed by atoms with E-state index < -0.39 is 0 Å². The van der Waals surface area contributed by atoms with Gasteiger partial charge in [0.15, 0.2) is 0 Å². The van der Waals surface area contributed by atoms with Crippen molar-refractivity contribution in [1.82, 2.24) is 15.1 Å². The Balaban J connectivity index is 0.00000161. The maximum Gasteiger partial charge on any atom is 0.236 e. The normalized spacial score (nSPS) is 13.4. The third-order valence-corrected chi connectivity index (χ3v) is 3.50. The number of hydrogen-bond donors (Lipinski definition) is 1. The Morgan fingerprint density at radius 1 is 1.33 bits per heavy atom. The summed E-state index contributed by atoms with van der Waals surface area (Å²) in [7, 11) is 0. The molecule has 1 aromatic heterocycles. The second-order valence-electron chi connectivity index (χ2n) is 4.87. The highest BCUT2D eigenvalue weighted by atomic mass is 35.5. The van der Waals surface area contributed by atoms with Crippen molar-refractivity contribution in [3.8, 4) is 5.88 Å². The van der Waals surface area contributed by atoms with Gasteiger partial charge in [0.2, 0.25) is 5.88 Å². The lowest BCUT2D eigenvalue weighted by Crippen LogP contribution is -2.25. The van der Waals surface area contributed by atoms with E-state index in [4.69, 9.17) is 4.74 Å². The minimum absolute atomic E-state index is 0. The second-order valence-corrected chi connectivity index (χ2v) is 4.87. The van der Waals surface area contributed by atoms with Crippen molar-refractivity contribution in [2.75, 3.05) is 13.2 Å². The molecule has 0 radical (unpaired) electrons. The number of rotatable bonds is 4. The fourth-order valence-electron chi connectivity index (χ4n) is 2.53. The molecule has 0 bridgehead atoms. The summed E-state index contributed by atoms with van der Waals surface area (Å²) in [4.78, 5) is 0. The van der Waals surface area contributed by atoms with Gasteiger partial charge in [0.1, 0.15) is 5.82 Å². The molecular formula is C15H19ClFN3O. The first-order chi connectivity index (χ1) is 9.78. The summed E-state index contributed by atoms with van der Waals surface area (Å²) in [6, 6.07) is 6.54. The highest BCUT2D eigenvalue weighted by Gasteiger charge is 2.21. The number of fused-ring (bicyclic) bond motifs is 1. The molecule has 0 saturated carbocycles. The molecule has 0 unspecified atom stereocenters. The number of ether oxygens (including phenoxy) is 1. The summed E-state index contributed by atoms with van der Waals surface area (Å²) >= 11 is 0. The van der Waals surface area contributed by atoms with E-state index in [1.54, 1.807) is 12.1 Å². The van der Waals surface area contributed by atoms with E-state index in [9.17, 15) is 4.39 Å². The van der Waals surface area contributed by atoms with Crippen molar-refractivity contribution >= 4 is 12.4 Å². The summed E-state index contributed by atoms with van der Waals surface area (Å²) < 4.78 is 20.5. The van der Waals surface area contributed by atoms with Gasteiger partial charge < -0.3 is 10.1 Å². The summed E-state index contributed by atoms with van der Waals surface area (Å²) in [5, 5.41) is 7.92. The summed E-state index contributed by atoms with van der Waals surface area (Å²) in [6.45, 7) is 4.98. The number of nitrogens with zero attached hydrogens (tertiary/aromatic N) is 2. The lowest BCUT2D eigenvalue weighted by Gasteiger charge is -2.15. The fourth-order valence-corrected chi connectivity index (χ4v) is 2.53. The van der Waals surface area contributed by atoms with Crippen LogP contribution in [0, 0.1) is 5.82 Å². The third-order valence-electron chi connectivity index (χ3n) is 3.50. The van der Waals surface area contributed by atoms with E-state index in [2.05, 4.69) is 10.4 Å². The lowest BCUT2D eigenvalue weighted by molar-refractivity contribution is 0.319. The minimum Gasteiger partial charge on any atom is -0.477 e.